The second kappa shape index (κ2) is 6.80. The standard InChI is InChI=1S/C16H26O/c1-12(2)9-13(3)10-16(17)11-15-8-6-5-7-14(15)4/h5-8,12-13,16-17H,9-11H2,1-4H3. The van der Waals surface area contributed by atoms with Gasteiger partial charge in [0.25, 0.3) is 0 Å². The Labute approximate surface area is 106 Å². The van der Waals surface area contributed by atoms with Crippen LogP contribution >= 0.6 is 0 Å². The van der Waals surface area contributed by atoms with Gasteiger partial charge in [-0.2, -0.15) is 0 Å². The summed E-state index contributed by atoms with van der Waals surface area (Å²) < 4.78 is 0. The molecule has 0 fully saturated rings. The summed E-state index contributed by atoms with van der Waals surface area (Å²) in [6, 6.07) is 8.32. The van der Waals surface area contributed by atoms with Crippen LogP contribution in [0.3, 0.4) is 0 Å². The maximum Gasteiger partial charge on any atom is 0.0583 e. The molecule has 0 aromatic heterocycles. The average Bonchev–Trinajstić information content (AvgIpc) is 2.19. The normalized spacial score (nSPS) is 14.9. The second-order valence-corrected chi connectivity index (χ2v) is 5.75. The average molecular weight is 234 g/mol. The SMILES string of the molecule is Cc1ccccc1CC(O)CC(C)CC(C)C. The Balaban J connectivity index is 2.44. The van der Waals surface area contributed by atoms with Crippen molar-refractivity contribution in [1.29, 1.82) is 0 Å². The molecule has 0 saturated heterocycles. The van der Waals surface area contributed by atoms with Gasteiger partial charge in [0.1, 0.15) is 0 Å². The zero-order chi connectivity index (χ0) is 12.8. The maximum absolute atomic E-state index is 10.1. The van der Waals surface area contributed by atoms with E-state index in [1.807, 2.05) is 12.1 Å². The molecule has 96 valence electrons. The Morgan fingerprint density at radius 2 is 1.71 bits per heavy atom. The molecule has 0 saturated carbocycles. The Kier molecular flexibility index (Phi) is 5.70. The third-order valence-corrected chi connectivity index (χ3v) is 3.27. The molecular formula is C16H26O. The molecule has 1 aromatic carbocycles. The lowest BCUT2D eigenvalue weighted by Crippen LogP contribution is -2.16. The van der Waals surface area contributed by atoms with Gasteiger partial charge in [-0.05, 0) is 49.1 Å². The zero-order valence-corrected chi connectivity index (χ0v) is 11.6. The van der Waals surface area contributed by atoms with E-state index in [-0.39, 0.29) is 6.10 Å². The van der Waals surface area contributed by atoms with Crippen LogP contribution in [0, 0.1) is 18.8 Å². The van der Waals surface area contributed by atoms with Gasteiger partial charge in [-0.25, -0.2) is 0 Å². The van der Waals surface area contributed by atoms with E-state index < -0.39 is 0 Å². The predicted octanol–water partition coefficient (Wildman–Crippen LogP) is 3.97. The summed E-state index contributed by atoms with van der Waals surface area (Å²) in [6.07, 6.45) is 2.69. The molecule has 0 heterocycles. The fourth-order valence-corrected chi connectivity index (χ4v) is 2.54. The number of hydrogen-bond donors (Lipinski definition) is 1. The Hall–Kier alpha value is -0.820. The molecule has 2 unspecified atom stereocenters. The minimum Gasteiger partial charge on any atom is -0.393 e. The fraction of sp³-hybridized carbons (Fsp3) is 0.625. The van der Waals surface area contributed by atoms with Crippen LogP contribution in [-0.4, -0.2) is 11.2 Å². The van der Waals surface area contributed by atoms with E-state index in [0.717, 1.165) is 18.8 Å². The summed E-state index contributed by atoms with van der Waals surface area (Å²) in [4.78, 5) is 0. The van der Waals surface area contributed by atoms with Gasteiger partial charge < -0.3 is 5.11 Å². The molecule has 0 radical (unpaired) electrons. The molecule has 2 atom stereocenters. The molecular weight excluding hydrogens is 208 g/mol. The molecule has 0 aliphatic rings. The van der Waals surface area contributed by atoms with Crippen LogP contribution in [0.25, 0.3) is 0 Å². The minimum absolute atomic E-state index is 0.204. The quantitative estimate of drug-likeness (QED) is 0.789. The van der Waals surface area contributed by atoms with Crippen molar-refractivity contribution in [3.8, 4) is 0 Å². The third kappa shape index (κ3) is 5.36. The van der Waals surface area contributed by atoms with Gasteiger partial charge in [-0.1, -0.05) is 45.0 Å². The van der Waals surface area contributed by atoms with Crippen LogP contribution in [-0.2, 0) is 6.42 Å². The molecule has 1 nitrogen and oxygen atoms in total. The minimum atomic E-state index is -0.204. The molecule has 1 N–H and O–H groups in total. The van der Waals surface area contributed by atoms with Crippen molar-refractivity contribution < 1.29 is 5.11 Å². The van der Waals surface area contributed by atoms with Gasteiger partial charge in [-0.3, -0.25) is 0 Å². The van der Waals surface area contributed by atoms with Crippen molar-refractivity contribution in [2.75, 3.05) is 0 Å². The van der Waals surface area contributed by atoms with E-state index in [1.165, 1.54) is 17.5 Å². The van der Waals surface area contributed by atoms with E-state index >= 15 is 0 Å². The molecule has 0 spiro atoms. The van der Waals surface area contributed by atoms with Crippen molar-refractivity contribution in [2.45, 2.75) is 53.1 Å². The highest BCUT2D eigenvalue weighted by Gasteiger charge is 2.13. The van der Waals surface area contributed by atoms with Crippen molar-refractivity contribution >= 4 is 0 Å². The first-order valence-corrected chi connectivity index (χ1v) is 6.71. The zero-order valence-electron chi connectivity index (χ0n) is 11.6. The topological polar surface area (TPSA) is 20.2 Å². The first kappa shape index (κ1) is 14.2. The molecule has 1 rings (SSSR count). The summed E-state index contributed by atoms with van der Waals surface area (Å²) in [7, 11) is 0. The number of aliphatic hydroxyl groups excluding tert-OH is 1. The molecule has 1 heteroatoms. The van der Waals surface area contributed by atoms with Crippen LogP contribution < -0.4 is 0 Å². The molecule has 1 aromatic rings. The molecule has 0 aliphatic heterocycles. The molecule has 0 bridgehead atoms. The van der Waals surface area contributed by atoms with Gasteiger partial charge in [0, 0.05) is 0 Å². The lowest BCUT2D eigenvalue weighted by Gasteiger charge is -2.18. The predicted molar refractivity (Wildman–Crippen MR) is 74.1 cm³/mol. The highest BCUT2D eigenvalue weighted by molar-refractivity contribution is 5.26. The van der Waals surface area contributed by atoms with Gasteiger partial charge in [0.2, 0.25) is 0 Å². The number of benzene rings is 1. The van der Waals surface area contributed by atoms with Crippen LogP contribution in [0.5, 0.6) is 0 Å². The lowest BCUT2D eigenvalue weighted by atomic mass is 9.91. The van der Waals surface area contributed by atoms with E-state index in [4.69, 9.17) is 0 Å². The second-order valence-electron chi connectivity index (χ2n) is 5.75. The third-order valence-electron chi connectivity index (χ3n) is 3.27. The van der Waals surface area contributed by atoms with Crippen molar-refractivity contribution in [3.05, 3.63) is 35.4 Å². The van der Waals surface area contributed by atoms with Crippen molar-refractivity contribution in [2.24, 2.45) is 11.8 Å². The number of aryl methyl sites for hydroxylation is 1. The van der Waals surface area contributed by atoms with Gasteiger partial charge in [0.05, 0.1) is 6.10 Å². The summed E-state index contributed by atoms with van der Waals surface area (Å²) >= 11 is 0. The first-order chi connectivity index (χ1) is 7.99. The van der Waals surface area contributed by atoms with E-state index in [2.05, 4.69) is 39.8 Å². The van der Waals surface area contributed by atoms with E-state index in [0.29, 0.717) is 5.92 Å². The van der Waals surface area contributed by atoms with Crippen LogP contribution in [0.15, 0.2) is 24.3 Å². The number of rotatable bonds is 6. The summed E-state index contributed by atoms with van der Waals surface area (Å²) in [5, 5.41) is 10.1. The van der Waals surface area contributed by atoms with E-state index in [1.54, 1.807) is 0 Å². The van der Waals surface area contributed by atoms with Gasteiger partial charge in [-0.15, -0.1) is 0 Å². The maximum atomic E-state index is 10.1. The molecule has 0 aliphatic carbocycles. The summed E-state index contributed by atoms with van der Waals surface area (Å²) in [6.45, 7) is 8.83. The number of hydrogen-bond acceptors (Lipinski definition) is 1. The highest BCUT2D eigenvalue weighted by atomic mass is 16.3. The number of aliphatic hydroxyl groups is 1. The van der Waals surface area contributed by atoms with Crippen molar-refractivity contribution in [3.63, 3.8) is 0 Å². The van der Waals surface area contributed by atoms with E-state index in [9.17, 15) is 5.11 Å². The summed E-state index contributed by atoms with van der Waals surface area (Å²) in [5.74, 6) is 1.32. The summed E-state index contributed by atoms with van der Waals surface area (Å²) in [5.41, 5.74) is 2.56. The lowest BCUT2D eigenvalue weighted by molar-refractivity contribution is 0.140. The largest absolute Gasteiger partial charge is 0.393 e. The van der Waals surface area contributed by atoms with Crippen LogP contribution in [0.4, 0.5) is 0 Å². The smallest absolute Gasteiger partial charge is 0.0583 e. The Morgan fingerprint density at radius 1 is 1.06 bits per heavy atom. The van der Waals surface area contributed by atoms with Crippen LogP contribution in [0.1, 0.15) is 44.7 Å². The Bertz CT molecular complexity index is 330. The highest BCUT2D eigenvalue weighted by Crippen LogP contribution is 2.19. The first-order valence-electron chi connectivity index (χ1n) is 6.71. The van der Waals surface area contributed by atoms with Gasteiger partial charge in [0.15, 0.2) is 0 Å². The monoisotopic (exact) mass is 234 g/mol. The molecule has 0 amide bonds. The molecule has 17 heavy (non-hydrogen) atoms. The Morgan fingerprint density at radius 3 is 2.29 bits per heavy atom. The van der Waals surface area contributed by atoms with Gasteiger partial charge >= 0.3 is 0 Å². The fourth-order valence-electron chi connectivity index (χ4n) is 2.54. The van der Waals surface area contributed by atoms with Crippen LogP contribution in [0.2, 0.25) is 0 Å². The van der Waals surface area contributed by atoms with Crippen molar-refractivity contribution in [1.82, 2.24) is 0 Å².